The van der Waals surface area contributed by atoms with Gasteiger partial charge < -0.3 is 25.5 Å². The topological polar surface area (TPSA) is 98.9 Å². The fourth-order valence-corrected chi connectivity index (χ4v) is 3.08. The molecule has 0 bridgehead atoms. The van der Waals surface area contributed by atoms with Crippen LogP contribution in [0, 0.1) is 13.8 Å². The fourth-order valence-electron chi connectivity index (χ4n) is 3.08. The summed E-state index contributed by atoms with van der Waals surface area (Å²) in [6.07, 6.45) is 0.909. The molecule has 1 aromatic carbocycles. The van der Waals surface area contributed by atoms with Crippen LogP contribution in [-0.2, 0) is 16.8 Å². The molecule has 0 radical (unpaired) electrons. The van der Waals surface area contributed by atoms with E-state index in [9.17, 15) is 9.90 Å². The van der Waals surface area contributed by atoms with E-state index in [-0.39, 0.29) is 43.0 Å². The lowest BCUT2D eigenvalue weighted by Crippen LogP contribution is -2.45. The molecule has 0 aliphatic rings. The van der Waals surface area contributed by atoms with Crippen molar-refractivity contribution in [1.82, 2.24) is 10.6 Å². The molecule has 166 valence electrons. The van der Waals surface area contributed by atoms with Crippen molar-refractivity contribution in [3.05, 3.63) is 53.0 Å². The van der Waals surface area contributed by atoms with Crippen molar-refractivity contribution in [3.8, 4) is 0 Å². The molecule has 4 N–H and O–H groups in total. The van der Waals surface area contributed by atoms with Gasteiger partial charge in [-0.3, -0.25) is 4.79 Å². The summed E-state index contributed by atoms with van der Waals surface area (Å²) in [5.41, 5.74) is 1.51. The lowest BCUT2D eigenvalue weighted by atomic mass is 9.96. The van der Waals surface area contributed by atoms with Crippen LogP contribution in [0.1, 0.15) is 43.4 Å². The quantitative estimate of drug-likeness (QED) is 0.239. The number of nitrogens with one attached hydrogen (secondary N) is 3. The number of carbonyl (C=O) groups excluding carboxylic acids is 1. The summed E-state index contributed by atoms with van der Waals surface area (Å²) >= 11 is 0. The summed E-state index contributed by atoms with van der Waals surface area (Å²) in [6.45, 7) is 10.2. The molecule has 8 heteroatoms. The molecule has 1 atom stereocenters. The maximum absolute atomic E-state index is 12.3. The Balaban J connectivity index is 0.00000450. The number of aliphatic hydroxyl groups is 1. The highest BCUT2D eigenvalue weighted by molar-refractivity contribution is 14.0. The van der Waals surface area contributed by atoms with Gasteiger partial charge in [0.15, 0.2) is 5.96 Å². The third kappa shape index (κ3) is 7.64. The Labute approximate surface area is 195 Å². The van der Waals surface area contributed by atoms with Crippen molar-refractivity contribution in [3.63, 3.8) is 0 Å². The molecule has 1 aromatic heterocycles. The van der Waals surface area contributed by atoms with Gasteiger partial charge in [-0.1, -0.05) is 19.1 Å². The van der Waals surface area contributed by atoms with Crippen molar-refractivity contribution >= 4 is 41.5 Å². The predicted octanol–water partition coefficient (Wildman–Crippen LogP) is 3.48. The maximum atomic E-state index is 12.3. The van der Waals surface area contributed by atoms with Gasteiger partial charge in [-0.25, -0.2) is 4.99 Å². The third-order valence-corrected chi connectivity index (χ3v) is 4.57. The van der Waals surface area contributed by atoms with Crippen LogP contribution in [0.25, 0.3) is 0 Å². The standard InChI is InChI=1S/C22H32N4O3.HI/c1-6-17-9-8-10-18(12-17)26-20(27)13-24-21(23-7-2)25-14-22(5,28)19-11-15(3)29-16(19)4;/h8-12,28H,6-7,13-14H2,1-5H3,(H,26,27)(H2,23,24,25);1H. The minimum absolute atomic E-state index is 0. The number of anilines is 1. The molecule has 30 heavy (non-hydrogen) atoms. The van der Waals surface area contributed by atoms with Gasteiger partial charge in [0.25, 0.3) is 0 Å². The summed E-state index contributed by atoms with van der Waals surface area (Å²) in [7, 11) is 0. The van der Waals surface area contributed by atoms with Gasteiger partial charge in [0.2, 0.25) is 5.91 Å². The summed E-state index contributed by atoms with van der Waals surface area (Å²) < 4.78 is 5.52. The SMILES string of the molecule is CCNC(=NCC(=O)Nc1cccc(CC)c1)NCC(C)(O)c1cc(C)oc1C.I. The van der Waals surface area contributed by atoms with Crippen LogP contribution in [0.2, 0.25) is 0 Å². The highest BCUT2D eigenvalue weighted by Crippen LogP contribution is 2.26. The van der Waals surface area contributed by atoms with Crippen molar-refractivity contribution in [2.45, 2.75) is 46.6 Å². The molecule has 1 unspecified atom stereocenters. The molecule has 0 aliphatic heterocycles. The number of carbonyl (C=O) groups is 1. The second kappa shape index (κ2) is 11.9. The first kappa shape index (κ1) is 26.0. The van der Waals surface area contributed by atoms with E-state index in [4.69, 9.17) is 4.42 Å². The number of aryl methyl sites for hydroxylation is 3. The Morgan fingerprint density at radius 1 is 1.20 bits per heavy atom. The van der Waals surface area contributed by atoms with E-state index in [0.29, 0.717) is 18.3 Å². The van der Waals surface area contributed by atoms with Gasteiger partial charge in [0.1, 0.15) is 23.7 Å². The smallest absolute Gasteiger partial charge is 0.246 e. The van der Waals surface area contributed by atoms with Gasteiger partial charge in [-0.2, -0.15) is 0 Å². The number of guanidine groups is 1. The molecule has 0 aliphatic carbocycles. The van der Waals surface area contributed by atoms with E-state index in [1.54, 1.807) is 6.92 Å². The molecule has 0 spiro atoms. The first-order valence-corrected chi connectivity index (χ1v) is 9.96. The fraction of sp³-hybridized carbons (Fsp3) is 0.455. The van der Waals surface area contributed by atoms with Crippen molar-refractivity contribution in [1.29, 1.82) is 0 Å². The Kier molecular flexibility index (Phi) is 10.3. The number of nitrogens with zero attached hydrogens (tertiary/aromatic N) is 1. The van der Waals surface area contributed by atoms with E-state index in [2.05, 4.69) is 27.9 Å². The number of hydrogen-bond donors (Lipinski definition) is 4. The zero-order valence-electron chi connectivity index (χ0n) is 18.3. The van der Waals surface area contributed by atoms with Crippen LogP contribution in [0.5, 0.6) is 0 Å². The number of amides is 1. The van der Waals surface area contributed by atoms with Gasteiger partial charge in [0, 0.05) is 17.8 Å². The monoisotopic (exact) mass is 528 g/mol. The molecule has 7 nitrogen and oxygen atoms in total. The summed E-state index contributed by atoms with van der Waals surface area (Å²) in [6, 6.07) is 9.59. The number of rotatable bonds is 8. The molecular weight excluding hydrogens is 495 g/mol. The Bertz CT molecular complexity index is 862. The Morgan fingerprint density at radius 3 is 2.53 bits per heavy atom. The van der Waals surface area contributed by atoms with Crippen LogP contribution in [0.3, 0.4) is 0 Å². The maximum Gasteiger partial charge on any atom is 0.246 e. The number of aliphatic imine (C=N–C) groups is 1. The van der Waals surface area contributed by atoms with E-state index in [1.807, 2.05) is 51.1 Å². The second-order valence-electron chi connectivity index (χ2n) is 7.25. The van der Waals surface area contributed by atoms with Crippen molar-refractivity contribution < 1.29 is 14.3 Å². The van der Waals surface area contributed by atoms with Crippen molar-refractivity contribution in [2.24, 2.45) is 4.99 Å². The van der Waals surface area contributed by atoms with Crippen LogP contribution in [0.4, 0.5) is 5.69 Å². The van der Waals surface area contributed by atoms with Gasteiger partial charge >= 0.3 is 0 Å². The van der Waals surface area contributed by atoms with Gasteiger partial charge in [-0.05, 0) is 57.9 Å². The molecule has 1 heterocycles. The first-order valence-electron chi connectivity index (χ1n) is 9.96. The average molecular weight is 528 g/mol. The van der Waals surface area contributed by atoms with E-state index >= 15 is 0 Å². The van der Waals surface area contributed by atoms with E-state index in [0.717, 1.165) is 29.0 Å². The Hall–Kier alpha value is -2.07. The predicted molar refractivity (Wildman–Crippen MR) is 132 cm³/mol. The molecule has 2 aromatic rings. The minimum atomic E-state index is -1.14. The minimum Gasteiger partial charge on any atom is -0.466 e. The van der Waals surface area contributed by atoms with Crippen LogP contribution in [-0.4, -0.2) is 36.6 Å². The highest BCUT2D eigenvalue weighted by Gasteiger charge is 2.27. The molecule has 1 amide bonds. The molecule has 2 rings (SSSR count). The summed E-state index contributed by atoms with van der Waals surface area (Å²) in [5, 5.41) is 19.9. The van der Waals surface area contributed by atoms with Gasteiger partial charge in [0.05, 0.1) is 6.54 Å². The largest absolute Gasteiger partial charge is 0.466 e. The number of halogens is 1. The number of benzene rings is 1. The Morgan fingerprint density at radius 2 is 1.93 bits per heavy atom. The first-order chi connectivity index (χ1) is 13.7. The zero-order valence-corrected chi connectivity index (χ0v) is 20.7. The normalized spacial score (nSPS) is 13.2. The molecular formula is C22H33IN4O3. The molecule has 0 saturated heterocycles. The lowest BCUT2D eigenvalue weighted by Gasteiger charge is -2.24. The summed E-state index contributed by atoms with van der Waals surface area (Å²) in [4.78, 5) is 16.6. The molecule has 0 fully saturated rings. The van der Waals surface area contributed by atoms with Crippen LogP contribution in [0.15, 0.2) is 39.7 Å². The third-order valence-electron chi connectivity index (χ3n) is 4.57. The summed E-state index contributed by atoms with van der Waals surface area (Å²) in [5.74, 6) is 1.69. The van der Waals surface area contributed by atoms with Crippen molar-refractivity contribution in [2.75, 3.05) is 25.0 Å². The van der Waals surface area contributed by atoms with E-state index < -0.39 is 5.60 Å². The number of hydrogen-bond acceptors (Lipinski definition) is 4. The number of furan rings is 1. The average Bonchev–Trinajstić information content (AvgIpc) is 3.03. The van der Waals surface area contributed by atoms with Crippen LogP contribution < -0.4 is 16.0 Å². The van der Waals surface area contributed by atoms with Gasteiger partial charge in [-0.15, -0.1) is 24.0 Å². The highest BCUT2D eigenvalue weighted by atomic mass is 127. The van der Waals surface area contributed by atoms with Crippen LogP contribution >= 0.6 is 24.0 Å². The van der Waals surface area contributed by atoms with E-state index in [1.165, 1.54) is 0 Å². The molecule has 0 saturated carbocycles. The second-order valence-corrected chi connectivity index (χ2v) is 7.25. The zero-order chi connectivity index (χ0) is 21.4. The lowest BCUT2D eigenvalue weighted by molar-refractivity contribution is -0.114.